The Morgan fingerprint density at radius 2 is 2.12 bits per heavy atom. The number of aromatic nitrogens is 2. The van der Waals surface area contributed by atoms with E-state index >= 15 is 0 Å². The molecular formula is C17H25N5OS. The van der Waals surface area contributed by atoms with Crippen LogP contribution < -0.4 is 5.32 Å². The minimum atomic E-state index is 0.0563. The molecule has 130 valence electrons. The minimum absolute atomic E-state index is 0.0563. The van der Waals surface area contributed by atoms with Crippen molar-refractivity contribution in [2.45, 2.75) is 19.9 Å². The SMILES string of the molecule is Cc1ccsc1CCNC(=O)N1CCN(Cc2nccn2C)CC1. The van der Waals surface area contributed by atoms with Crippen LogP contribution in [-0.2, 0) is 20.0 Å². The third kappa shape index (κ3) is 4.15. The largest absolute Gasteiger partial charge is 0.338 e. The molecular weight excluding hydrogens is 322 g/mol. The first-order valence-corrected chi connectivity index (χ1v) is 9.26. The Bertz CT molecular complexity index is 672. The third-order valence-electron chi connectivity index (χ3n) is 4.54. The van der Waals surface area contributed by atoms with Crippen molar-refractivity contribution in [2.24, 2.45) is 7.05 Å². The second-order valence-electron chi connectivity index (χ2n) is 6.23. The maximum absolute atomic E-state index is 12.3. The molecule has 3 rings (SSSR count). The molecule has 0 atom stereocenters. The molecule has 1 fully saturated rings. The topological polar surface area (TPSA) is 53.4 Å². The number of aryl methyl sites for hydroxylation is 2. The lowest BCUT2D eigenvalue weighted by atomic mass is 10.2. The van der Waals surface area contributed by atoms with Crippen molar-refractivity contribution in [1.82, 2.24) is 24.7 Å². The number of rotatable bonds is 5. The zero-order chi connectivity index (χ0) is 16.9. The summed E-state index contributed by atoms with van der Waals surface area (Å²) in [6.07, 6.45) is 4.71. The average Bonchev–Trinajstić information content (AvgIpc) is 3.17. The van der Waals surface area contributed by atoms with Crippen molar-refractivity contribution in [3.8, 4) is 0 Å². The van der Waals surface area contributed by atoms with Crippen LogP contribution in [-0.4, -0.2) is 58.1 Å². The quantitative estimate of drug-likeness (QED) is 0.898. The van der Waals surface area contributed by atoms with Crippen LogP contribution in [0.1, 0.15) is 16.3 Å². The highest BCUT2D eigenvalue weighted by Crippen LogP contribution is 2.15. The Morgan fingerprint density at radius 3 is 2.75 bits per heavy atom. The van der Waals surface area contributed by atoms with Gasteiger partial charge in [0.25, 0.3) is 0 Å². The lowest BCUT2D eigenvalue weighted by Gasteiger charge is -2.34. The van der Waals surface area contributed by atoms with E-state index in [4.69, 9.17) is 0 Å². The van der Waals surface area contributed by atoms with Gasteiger partial charge in [0, 0.05) is 57.0 Å². The number of piperazine rings is 1. The number of carbonyl (C=O) groups excluding carboxylic acids is 1. The van der Waals surface area contributed by atoms with Crippen LogP contribution in [0.25, 0.3) is 0 Å². The fourth-order valence-electron chi connectivity index (χ4n) is 2.91. The van der Waals surface area contributed by atoms with Gasteiger partial charge in [0.15, 0.2) is 0 Å². The molecule has 2 aromatic rings. The monoisotopic (exact) mass is 347 g/mol. The number of thiophene rings is 1. The van der Waals surface area contributed by atoms with Crippen LogP contribution in [0.3, 0.4) is 0 Å². The Hall–Kier alpha value is -1.86. The molecule has 0 spiro atoms. The summed E-state index contributed by atoms with van der Waals surface area (Å²) in [4.78, 5) is 22.3. The normalized spacial score (nSPS) is 15.7. The van der Waals surface area contributed by atoms with Gasteiger partial charge in [-0.15, -0.1) is 11.3 Å². The van der Waals surface area contributed by atoms with Gasteiger partial charge < -0.3 is 14.8 Å². The van der Waals surface area contributed by atoms with E-state index in [2.05, 4.69) is 33.6 Å². The highest BCUT2D eigenvalue weighted by molar-refractivity contribution is 7.10. The van der Waals surface area contributed by atoms with Crippen LogP contribution in [0, 0.1) is 6.92 Å². The number of hydrogen-bond donors (Lipinski definition) is 1. The standard InChI is InChI=1S/C17H25N5OS/c1-14-4-12-24-15(14)3-5-19-17(23)22-10-8-21(9-11-22)13-16-18-6-7-20(16)2/h4,6-7,12H,3,5,8-11,13H2,1-2H3,(H,19,23). The van der Waals surface area contributed by atoms with Crippen molar-refractivity contribution >= 4 is 17.4 Å². The third-order valence-corrected chi connectivity index (χ3v) is 5.62. The summed E-state index contributed by atoms with van der Waals surface area (Å²) in [5, 5.41) is 5.15. The molecule has 1 N–H and O–H groups in total. The summed E-state index contributed by atoms with van der Waals surface area (Å²) in [6, 6.07) is 2.18. The zero-order valence-corrected chi connectivity index (χ0v) is 15.2. The Labute approximate surface area is 147 Å². The lowest BCUT2D eigenvalue weighted by molar-refractivity contribution is 0.133. The average molecular weight is 347 g/mol. The fourth-order valence-corrected chi connectivity index (χ4v) is 3.82. The molecule has 0 saturated carbocycles. The van der Waals surface area contributed by atoms with E-state index in [1.165, 1.54) is 10.4 Å². The molecule has 0 unspecified atom stereocenters. The van der Waals surface area contributed by atoms with E-state index in [9.17, 15) is 4.79 Å². The Balaban J connectivity index is 1.39. The van der Waals surface area contributed by atoms with Gasteiger partial charge in [-0.2, -0.15) is 0 Å². The second-order valence-corrected chi connectivity index (χ2v) is 7.23. The predicted octanol–water partition coefficient (Wildman–Crippen LogP) is 1.86. The number of imidazole rings is 1. The van der Waals surface area contributed by atoms with Crippen LogP contribution >= 0.6 is 11.3 Å². The van der Waals surface area contributed by atoms with Crippen molar-refractivity contribution in [3.05, 3.63) is 40.1 Å². The Kier molecular flexibility index (Phi) is 5.52. The summed E-state index contributed by atoms with van der Waals surface area (Å²) in [5.74, 6) is 1.07. The van der Waals surface area contributed by atoms with Gasteiger partial charge in [-0.3, -0.25) is 4.90 Å². The lowest BCUT2D eigenvalue weighted by Crippen LogP contribution is -2.51. The van der Waals surface area contributed by atoms with E-state index in [0.29, 0.717) is 6.54 Å². The van der Waals surface area contributed by atoms with Gasteiger partial charge >= 0.3 is 6.03 Å². The van der Waals surface area contributed by atoms with E-state index < -0.39 is 0 Å². The van der Waals surface area contributed by atoms with Crippen molar-refractivity contribution in [1.29, 1.82) is 0 Å². The second kappa shape index (κ2) is 7.81. The number of nitrogens with one attached hydrogen (secondary N) is 1. The maximum atomic E-state index is 12.3. The summed E-state index contributed by atoms with van der Waals surface area (Å²) < 4.78 is 2.05. The molecule has 1 aliphatic rings. The number of nitrogens with zero attached hydrogens (tertiary/aromatic N) is 4. The Morgan fingerprint density at radius 1 is 1.33 bits per heavy atom. The first-order valence-electron chi connectivity index (χ1n) is 8.38. The molecule has 0 aromatic carbocycles. The van der Waals surface area contributed by atoms with Crippen molar-refractivity contribution < 1.29 is 4.79 Å². The number of hydrogen-bond acceptors (Lipinski definition) is 4. The predicted molar refractivity (Wildman–Crippen MR) is 96.2 cm³/mol. The van der Waals surface area contributed by atoms with E-state index in [-0.39, 0.29) is 6.03 Å². The summed E-state index contributed by atoms with van der Waals surface area (Å²) in [7, 11) is 2.02. The van der Waals surface area contributed by atoms with Crippen molar-refractivity contribution in [2.75, 3.05) is 32.7 Å². The van der Waals surface area contributed by atoms with Gasteiger partial charge in [0.2, 0.25) is 0 Å². The molecule has 3 heterocycles. The molecule has 0 aliphatic carbocycles. The van der Waals surface area contributed by atoms with Gasteiger partial charge in [0.05, 0.1) is 6.54 Å². The van der Waals surface area contributed by atoms with Crippen LogP contribution in [0.4, 0.5) is 4.79 Å². The molecule has 2 amide bonds. The smallest absolute Gasteiger partial charge is 0.317 e. The molecule has 1 aliphatic heterocycles. The molecule has 7 heteroatoms. The summed E-state index contributed by atoms with van der Waals surface area (Å²) >= 11 is 1.76. The van der Waals surface area contributed by atoms with Gasteiger partial charge in [0.1, 0.15) is 5.82 Å². The highest BCUT2D eigenvalue weighted by Gasteiger charge is 2.21. The van der Waals surface area contributed by atoms with Crippen LogP contribution in [0.5, 0.6) is 0 Å². The molecule has 0 radical (unpaired) electrons. The van der Waals surface area contributed by atoms with Crippen LogP contribution in [0.2, 0.25) is 0 Å². The zero-order valence-electron chi connectivity index (χ0n) is 14.4. The number of urea groups is 1. The number of amides is 2. The van der Waals surface area contributed by atoms with E-state index in [1.54, 1.807) is 11.3 Å². The highest BCUT2D eigenvalue weighted by atomic mass is 32.1. The number of carbonyl (C=O) groups is 1. The maximum Gasteiger partial charge on any atom is 0.317 e. The molecule has 1 saturated heterocycles. The summed E-state index contributed by atoms with van der Waals surface area (Å²) in [6.45, 7) is 7.00. The molecule has 2 aromatic heterocycles. The van der Waals surface area contributed by atoms with Crippen LogP contribution in [0.15, 0.2) is 23.8 Å². The summed E-state index contributed by atoms with van der Waals surface area (Å²) in [5.41, 5.74) is 1.32. The van der Waals surface area contributed by atoms with Gasteiger partial charge in [-0.05, 0) is 30.4 Å². The fraction of sp³-hybridized carbons (Fsp3) is 0.529. The van der Waals surface area contributed by atoms with Crippen molar-refractivity contribution in [3.63, 3.8) is 0 Å². The van der Waals surface area contributed by atoms with Gasteiger partial charge in [-0.25, -0.2) is 9.78 Å². The van der Waals surface area contributed by atoms with E-state index in [0.717, 1.165) is 45.0 Å². The van der Waals surface area contributed by atoms with Gasteiger partial charge in [-0.1, -0.05) is 0 Å². The first-order chi connectivity index (χ1) is 11.6. The minimum Gasteiger partial charge on any atom is -0.338 e. The molecule has 0 bridgehead atoms. The molecule has 24 heavy (non-hydrogen) atoms. The first kappa shape index (κ1) is 17.0. The molecule has 6 nitrogen and oxygen atoms in total. The van der Waals surface area contributed by atoms with E-state index in [1.807, 2.05) is 28.9 Å².